The van der Waals surface area contributed by atoms with E-state index < -0.39 is 0 Å². The molecule has 2 aromatic heterocycles. The zero-order valence-corrected chi connectivity index (χ0v) is 19.6. The Bertz CT molecular complexity index is 1070. The number of hydrogen-bond donors (Lipinski definition) is 3. The van der Waals surface area contributed by atoms with Crippen molar-refractivity contribution in [2.45, 2.75) is 51.0 Å². The van der Waals surface area contributed by atoms with Crippen molar-refractivity contribution in [3.05, 3.63) is 22.2 Å². The van der Waals surface area contributed by atoms with Gasteiger partial charge in [0.1, 0.15) is 5.00 Å². The summed E-state index contributed by atoms with van der Waals surface area (Å²) in [5.74, 6) is 1.29. The van der Waals surface area contributed by atoms with Crippen LogP contribution in [0.5, 0.6) is 0 Å². The number of thiocarbonyl (C=S) groups is 1. The van der Waals surface area contributed by atoms with E-state index in [2.05, 4.69) is 20.9 Å². The molecule has 3 aliphatic rings. The van der Waals surface area contributed by atoms with Gasteiger partial charge in [-0.05, 0) is 68.6 Å². The summed E-state index contributed by atoms with van der Waals surface area (Å²) in [4.78, 5) is 28.8. The number of carbonyl (C=O) groups is 2. The molecule has 32 heavy (non-hydrogen) atoms. The zero-order valence-electron chi connectivity index (χ0n) is 18.0. The number of aryl methyl sites for hydroxylation is 2. The van der Waals surface area contributed by atoms with Crippen molar-refractivity contribution < 1.29 is 9.59 Å². The van der Waals surface area contributed by atoms with Crippen LogP contribution in [0, 0.1) is 11.8 Å². The van der Waals surface area contributed by atoms with Gasteiger partial charge in [0.25, 0.3) is 5.91 Å². The summed E-state index contributed by atoms with van der Waals surface area (Å²) >= 11 is 6.90. The molecule has 0 unspecified atom stereocenters. The number of thiophene rings is 1. The highest BCUT2D eigenvalue weighted by molar-refractivity contribution is 7.80. The molecular weight excluding hydrogens is 446 g/mol. The number of hydrogen-bond acceptors (Lipinski definition) is 6. The number of amides is 2. The number of aromatic nitrogens is 3. The van der Waals surface area contributed by atoms with Crippen LogP contribution in [0.2, 0.25) is 0 Å². The summed E-state index contributed by atoms with van der Waals surface area (Å²) in [6, 6.07) is -0.0197. The third kappa shape index (κ3) is 4.23. The Kier molecular flexibility index (Phi) is 5.62. The van der Waals surface area contributed by atoms with Crippen LogP contribution in [0.3, 0.4) is 0 Å². The van der Waals surface area contributed by atoms with E-state index in [0.717, 1.165) is 54.8 Å². The van der Waals surface area contributed by atoms with Gasteiger partial charge in [-0.1, -0.05) is 5.21 Å². The van der Waals surface area contributed by atoms with Gasteiger partial charge in [0.2, 0.25) is 5.91 Å². The molecule has 2 saturated carbocycles. The van der Waals surface area contributed by atoms with Crippen molar-refractivity contribution in [3.63, 3.8) is 0 Å². The van der Waals surface area contributed by atoms with Gasteiger partial charge in [-0.2, -0.15) is 0 Å². The van der Waals surface area contributed by atoms with E-state index in [9.17, 15) is 9.59 Å². The Morgan fingerprint density at radius 1 is 1.31 bits per heavy atom. The monoisotopic (exact) mass is 473 g/mol. The summed E-state index contributed by atoms with van der Waals surface area (Å²) in [5, 5.41) is 15.0. The van der Waals surface area contributed by atoms with Crippen LogP contribution in [0.25, 0.3) is 0 Å². The molecule has 0 bridgehead atoms. The number of carbonyl (C=O) groups excluding carboxylic acids is 2. The number of nitrogens with two attached hydrogens (primary N) is 1. The lowest BCUT2D eigenvalue weighted by Gasteiger charge is -2.34. The Hall–Kier alpha value is -2.53. The molecule has 1 atom stereocenters. The SMILES string of the molecule is Cn1nncc1N(C(N)=S)[C@H]1CCc2sc(NC(=O)C3CC3)c(C(=O)NCC3CC3)c2C1. The Morgan fingerprint density at radius 2 is 2.09 bits per heavy atom. The largest absolute Gasteiger partial charge is 0.376 e. The molecule has 0 aliphatic heterocycles. The lowest BCUT2D eigenvalue weighted by atomic mass is 9.90. The zero-order chi connectivity index (χ0) is 22.4. The molecule has 11 heteroatoms. The molecule has 0 spiro atoms. The summed E-state index contributed by atoms with van der Waals surface area (Å²) < 4.78 is 1.65. The summed E-state index contributed by atoms with van der Waals surface area (Å²) in [6.07, 6.45) is 8.04. The fourth-order valence-corrected chi connectivity index (χ4v) is 5.79. The second kappa shape index (κ2) is 8.43. The average molecular weight is 474 g/mol. The maximum Gasteiger partial charge on any atom is 0.254 e. The van der Waals surface area contributed by atoms with E-state index in [0.29, 0.717) is 29.4 Å². The molecule has 2 amide bonds. The molecule has 0 saturated heterocycles. The van der Waals surface area contributed by atoms with Crippen molar-refractivity contribution in [1.82, 2.24) is 20.3 Å². The Morgan fingerprint density at radius 3 is 2.72 bits per heavy atom. The third-order valence-electron chi connectivity index (χ3n) is 6.44. The number of anilines is 2. The molecular formula is C21H27N7O2S2. The third-order valence-corrected chi connectivity index (χ3v) is 7.84. The van der Waals surface area contributed by atoms with Crippen LogP contribution >= 0.6 is 23.6 Å². The first-order valence-electron chi connectivity index (χ1n) is 11.1. The summed E-state index contributed by atoms with van der Waals surface area (Å²) in [7, 11) is 1.80. The van der Waals surface area contributed by atoms with Crippen molar-refractivity contribution in [2.24, 2.45) is 24.6 Å². The highest BCUT2D eigenvalue weighted by Crippen LogP contribution is 2.41. The quantitative estimate of drug-likeness (QED) is 0.526. The minimum absolute atomic E-state index is 0.0158. The van der Waals surface area contributed by atoms with E-state index in [-0.39, 0.29) is 28.9 Å². The number of rotatable bonds is 7. The van der Waals surface area contributed by atoms with E-state index in [1.54, 1.807) is 17.9 Å². The summed E-state index contributed by atoms with van der Waals surface area (Å²) in [6.45, 7) is 0.683. The minimum atomic E-state index is -0.106. The molecule has 2 fully saturated rings. The molecule has 2 heterocycles. The number of nitrogens with one attached hydrogen (secondary N) is 2. The lowest BCUT2D eigenvalue weighted by molar-refractivity contribution is -0.117. The van der Waals surface area contributed by atoms with Gasteiger partial charge in [0.15, 0.2) is 10.9 Å². The topological polar surface area (TPSA) is 118 Å². The van der Waals surface area contributed by atoms with Crippen LogP contribution in [0.4, 0.5) is 10.8 Å². The van der Waals surface area contributed by atoms with E-state index in [1.807, 2.05) is 4.90 Å². The lowest BCUT2D eigenvalue weighted by Crippen LogP contribution is -2.47. The van der Waals surface area contributed by atoms with Gasteiger partial charge in [0.05, 0.1) is 11.8 Å². The van der Waals surface area contributed by atoms with Crippen LogP contribution in [0.15, 0.2) is 6.20 Å². The maximum atomic E-state index is 13.2. The predicted molar refractivity (Wildman–Crippen MR) is 127 cm³/mol. The van der Waals surface area contributed by atoms with Gasteiger partial charge >= 0.3 is 0 Å². The van der Waals surface area contributed by atoms with Gasteiger partial charge in [0, 0.05) is 30.4 Å². The molecule has 170 valence electrons. The molecule has 5 rings (SSSR count). The maximum absolute atomic E-state index is 13.2. The van der Waals surface area contributed by atoms with Crippen LogP contribution in [0.1, 0.15) is 52.9 Å². The molecule has 2 aromatic rings. The highest BCUT2D eigenvalue weighted by Gasteiger charge is 2.36. The molecule has 3 aliphatic carbocycles. The molecule has 0 aromatic carbocycles. The second-order valence-corrected chi connectivity index (χ2v) is 10.5. The van der Waals surface area contributed by atoms with Crippen LogP contribution in [-0.2, 0) is 24.7 Å². The van der Waals surface area contributed by atoms with Crippen molar-refractivity contribution in [3.8, 4) is 0 Å². The minimum Gasteiger partial charge on any atom is -0.376 e. The van der Waals surface area contributed by atoms with Crippen molar-refractivity contribution in [2.75, 3.05) is 16.8 Å². The number of nitrogens with zero attached hydrogens (tertiary/aromatic N) is 4. The van der Waals surface area contributed by atoms with Gasteiger partial charge in [-0.15, -0.1) is 16.4 Å². The first-order valence-corrected chi connectivity index (χ1v) is 12.3. The van der Waals surface area contributed by atoms with Crippen molar-refractivity contribution in [1.29, 1.82) is 0 Å². The fraction of sp³-hybridized carbons (Fsp3) is 0.571. The van der Waals surface area contributed by atoms with E-state index in [4.69, 9.17) is 18.0 Å². The fourth-order valence-electron chi connectivity index (χ4n) is 4.30. The molecule has 4 N–H and O–H groups in total. The normalized spacial score (nSPS) is 19.8. The van der Waals surface area contributed by atoms with Gasteiger partial charge in [-0.25, -0.2) is 4.68 Å². The first kappa shape index (κ1) is 21.3. The smallest absolute Gasteiger partial charge is 0.254 e. The highest BCUT2D eigenvalue weighted by atomic mass is 32.1. The summed E-state index contributed by atoms with van der Waals surface area (Å²) in [5.41, 5.74) is 7.69. The van der Waals surface area contributed by atoms with E-state index >= 15 is 0 Å². The second-order valence-electron chi connectivity index (χ2n) is 8.95. The molecule has 9 nitrogen and oxygen atoms in total. The van der Waals surface area contributed by atoms with Gasteiger partial charge in [-0.3, -0.25) is 14.5 Å². The van der Waals surface area contributed by atoms with Gasteiger partial charge < -0.3 is 16.4 Å². The first-order chi connectivity index (χ1) is 15.4. The Labute approximate surface area is 195 Å². The predicted octanol–water partition coefficient (Wildman–Crippen LogP) is 1.97. The standard InChI is InChI=1S/C21H27N7O2S2/c1-27-16(10-24-26-27)28(21(22)31)13-6-7-15-14(8-13)17(19(30)23-9-11-2-3-11)20(32-15)25-18(29)12-4-5-12/h10-13H,2-9H2,1H3,(H2,22,31)(H,23,30)(H,25,29)/t13-/m0/s1. The van der Waals surface area contributed by atoms with Crippen LogP contribution in [-0.4, -0.2) is 44.5 Å². The average Bonchev–Trinajstić information content (AvgIpc) is 3.68. The van der Waals surface area contributed by atoms with Crippen molar-refractivity contribution >= 4 is 51.3 Å². The van der Waals surface area contributed by atoms with Crippen LogP contribution < -0.4 is 21.3 Å². The molecule has 0 radical (unpaired) electrons. The van der Waals surface area contributed by atoms with E-state index in [1.165, 1.54) is 11.3 Å². The Balaban J connectivity index is 1.45. The number of fused-ring (bicyclic) bond motifs is 1.